The van der Waals surface area contributed by atoms with Crippen LogP contribution in [0.15, 0.2) is 30.3 Å². The first kappa shape index (κ1) is 11.9. The second-order valence-corrected chi connectivity index (χ2v) is 4.06. The Balaban J connectivity index is 1.61. The van der Waals surface area contributed by atoms with Gasteiger partial charge in [0, 0.05) is 13.1 Å². The Morgan fingerprint density at radius 3 is 2.59 bits per heavy atom. The number of hydrogen-bond acceptors (Lipinski definition) is 3. The van der Waals surface area contributed by atoms with E-state index in [1.807, 2.05) is 30.3 Å². The molecule has 1 heterocycles. The fourth-order valence-corrected chi connectivity index (χ4v) is 1.82. The van der Waals surface area contributed by atoms with Crippen LogP contribution in [0.25, 0.3) is 0 Å². The van der Waals surface area contributed by atoms with E-state index in [2.05, 4.69) is 0 Å². The van der Waals surface area contributed by atoms with Gasteiger partial charge in [-0.15, -0.1) is 0 Å². The quantitative estimate of drug-likeness (QED) is 0.594. The predicted molar refractivity (Wildman–Crippen MR) is 63.4 cm³/mol. The van der Waals surface area contributed by atoms with Crippen LogP contribution in [0.1, 0.15) is 18.4 Å². The van der Waals surface area contributed by atoms with Crippen molar-refractivity contribution in [2.45, 2.75) is 19.4 Å². The van der Waals surface area contributed by atoms with Crippen LogP contribution in [0.4, 0.5) is 4.79 Å². The normalized spacial score (nSPS) is 14.9. The largest absolute Gasteiger partial charge is 0.422 e. The van der Waals surface area contributed by atoms with Crippen molar-refractivity contribution < 1.29 is 14.3 Å². The van der Waals surface area contributed by atoms with Crippen molar-refractivity contribution in [2.75, 3.05) is 19.9 Å². The maximum atomic E-state index is 11.5. The van der Waals surface area contributed by atoms with Crippen LogP contribution in [0, 0.1) is 0 Å². The summed E-state index contributed by atoms with van der Waals surface area (Å²) < 4.78 is 10.3. The SMILES string of the molecule is O=C(OCOCc1ccccc1)N1CCCC1. The van der Waals surface area contributed by atoms with E-state index < -0.39 is 0 Å². The van der Waals surface area contributed by atoms with Gasteiger partial charge >= 0.3 is 6.09 Å². The number of benzene rings is 1. The highest BCUT2D eigenvalue weighted by atomic mass is 16.7. The predicted octanol–water partition coefficient (Wildman–Crippen LogP) is 2.39. The molecule has 92 valence electrons. The summed E-state index contributed by atoms with van der Waals surface area (Å²) in [4.78, 5) is 13.2. The van der Waals surface area contributed by atoms with Crippen molar-refractivity contribution in [1.82, 2.24) is 4.90 Å². The Morgan fingerprint density at radius 2 is 1.88 bits per heavy atom. The van der Waals surface area contributed by atoms with Crippen molar-refractivity contribution in [1.29, 1.82) is 0 Å². The van der Waals surface area contributed by atoms with E-state index in [0.717, 1.165) is 31.5 Å². The summed E-state index contributed by atoms with van der Waals surface area (Å²) >= 11 is 0. The minimum absolute atomic E-state index is 0.0181. The van der Waals surface area contributed by atoms with Gasteiger partial charge in [-0.3, -0.25) is 0 Å². The van der Waals surface area contributed by atoms with Crippen molar-refractivity contribution in [3.05, 3.63) is 35.9 Å². The van der Waals surface area contributed by atoms with Crippen LogP contribution in [0.2, 0.25) is 0 Å². The second-order valence-electron chi connectivity index (χ2n) is 4.06. The minimum Gasteiger partial charge on any atom is -0.422 e. The molecule has 1 aliphatic heterocycles. The van der Waals surface area contributed by atoms with Gasteiger partial charge in [-0.2, -0.15) is 0 Å². The highest BCUT2D eigenvalue weighted by Crippen LogP contribution is 2.08. The van der Waals surface area contributed by atoms with Crippen LogP contribution in [-0.4, -0.2) is 30.9 Å². The van der Waals surface area contributed by atoms with E-state index >= 15 is 0 Å². The van der Waals surface area contributed by atoms with Crippen molar-refractivity contribution in [2.24, 2.45) is 0 Å². The van der Waals surface area contributed by atoms with Crippen molar-refractivity contribution in [3.8, 4) is 0 Å². The van der Waals surface area contributed by atoms with E-state index in [0.29, 0.717) is 6.61 Å². The molecule has 0 radical (unpaired) electrons. The average Bonchev–Trinajstić information content (AvgIpc) is 2.89. The molecule has 0 spiro atoms. The summed E-state index contributed by atoms with van der Waals surface area (Å²) in [5, 5.41) is 0. The number of ether oxygens (including phenoxy) is 2. The molecule has 0 unspecified atom stereocenters. The molecule has 0 aromatic heterocycles. The van der Waals surface area contributed by atoms with Crippen LogP contribution in [-0.2, 0) is 16.1 Å². The summed E-state index contributed by atoms with van der Waals surface area (Å²) in [6, 6.07) is 9.81. The maximum absolute atomic E-state index is 11.5. The average molecular weight is 235 g/mol. The summed E-state index contributed by atoms with van der Waals surface area (Å²) in [7, 11) is 0. The molecule has 4 nitrogen and oxygen atoms in total. The Morgan fingerprint density at radius 1 is 1.18 bits per heavy atom. The lowest BCUT2D eigenvalue weighted by atomic mass is 10.2. The third-order valence-corrected chi connectivity index (χ3v) is 2.74. The number of carbonyl (C=O) groups is 1. The topological polar surface area (TPSA) is 38.8 Å². The fourth-order valence-electron chi connectivity index (χ4n) is 1.82. The lowest BCUT2D eigenvalue weighted by molar-refractivity contribution is -0.0335. The number of amides is 1. The molecular weight excluding hydrogens is 218 g/mol. The first-order chi connectivity index (χ1) is 8.36. The van der Waals surface area contributed by atoms with Gasteiger partial charge in [-0.25, -0.2) is 4.79 Å². The second kappa shape index (κ2) is 6.25. The zero-order valence-corrected chi connectivity index (χ0v) is 9.80. The molecule has 1 saturated heterocycles. The van der Waals surface area contributed by atoms with Crippen LogP contribution < -0.4 is 0 Å². The molecular formula is C13H17NO3. The Hall–Kier alpha value is -1.55. The van der Waals surface area contributed by atoms with Crippen molar-refractivity contribution in [3.63, 3.8) is 0 Å². The number of rotatable bonds is 4. The molecule has 1 fully saturated rings. The molecule has 2 rings (SSSR count). The first-order valence-corrected chi connectivity index (χ1v) is 5.89. The van der Waals surface area contributed by atoms with Gasteiger partial charge in [0.2, 0.25) is 0 Å². The van der Waals surface area contributed by atoms with E-state index in [1.165, 1.54) is 0 Å². The Kier molecular flexibility index (Phi) is 4.38. The molecule has 0 saturated carbocycles. The van der Waals surface area contributed by atoms with E-state index in [-0.39, 0.29) is 12.9 Å². The minimum atomic E-state index is -0.268. The lowest BCUT2D eigenvalue weighted by Gasteiger charge is -2.14. The Labute approximate surface area is 101 Å². The summed E-state index contributed by atoms with van der Waals surface area (Å²) in [6.45, 7) is 2.09. The number of likely N-dealkylation sites (tertiary alicyclic amines) is 1. The van der Waals surface area contributed by atoms with Gasteiger partial charge in [0.15, 0.2) is 6.79 Å². The summed E-state index contributed by atoms with van der Waals surface area (Å²) in [5.74, 6) is 0. The van der Waals surface area contributed by atoms with E-state index in [4.69, 9.17) is 9.47 Å². The molecule has 0 N–H and O–H groups in total. The van der Waals surface area contributed by atoms with Crippen LogP contribution >= 0.6 is 0 Å². The zero-order valence-electron chi connectivity index (χ0n) is 9.80. The molecule has 1 aromatic carbocycles. The van der Waals surface area contributed by atoms with E-state index in [9.17, 15) is 4.79 Å². The molecule has 17 heavy (non-hydrogen) atoms. The molecule has 4 heteroatoms. The highest BCUT2D eigenvalue weighted by Gasteiger charge is 2.18. The maximum Gasteiger partial charge on any atom is 0.411 e. The molecule has 0 aliphatic carbocycles. The molecule has 1 amide bonds. The fraction of sp³-hybridized carbons (Fsp3) is 0.462. The van der Waals surface area contributed by atoms with Gasteiger partial charge < -0.3 is 14.4 Å². The Bertz CT molecular complexity index is 347. The molecule has 0 atom stereocenters. The molecule has 1 aromatic rings. The number of nitrogens with zero attached hydrogens (tertiary/aromatic N) is 1. The summed E-state index contributed by atoms with van der Waals surface area (Å²) in [6.07, 6.45) is 1.87. The third-order valence-electron chi connectivity index (χ3n) is 2.74. The van der Waals surface area contributed by atoms with Gasteiger partial charge in [-0.05, 0) is 18.4 Å². The first-order valence-electron chi connectivity index (χ1n) is 5.89. The lowest BCUT2D eigenvalue weighted by Crippen LogP contribution is -2.28. The van der Waals surface area contributed by atoms with Gasteiger partial charge in [-0.1, -0.05) is 30.3 Å². The van der Waals surface area contributed by atoms with E-state index in [1.54, 1.807) is 4.90 Å². The van der Waals surface area contributed by atoms with Gasteiger partial charge in [0.25, 0.3) is 0 Å². The zero-order chi connectivity index (χ0) is 11.9. The van der Waals surface area contributed by atoms with Gasteiger partial charge in [0.1, 0.15) is 0 Å². The van der Waals surface area contributed by atoms with Crippen molar-refractivity contribution >= 4 is 6.09 Å². The standard InChI is InChI=1S/C13H17NO3/c15-13(14-8-4-5-9-14)17-11-16-10-12-6-2-1-3-7-12/h1-3,6-7H,4-5,8-11H2. The van der Waals surface area contributed by atoms with Gasteiger partial charge in [0.05, 0.1) is 6.61 Å². The summed E-state index contributed by atoms with van der Waals surface area (Å²) in [5.41, 5.74) is 1.07. The van der Waals surface area contributed by atoms with Crippen LogP contribution in [0.5, 0.6) is 0 Å². The smallest absolute Gasteiger partial charge is 0.411 e. The third kappa shape index (κ3) is 3.75. The van der Waals surface area contributed by atoms with Crippen LogP contribution in [0.3, 0.4) is 0 Å². The molecule has 1 aliphatic rings. The highest BCUT2D eigenvalue weighted by molar-refractivity contribution is 5.67. The number of hydrogen-bond donors (Lipinski definition) is 0. The molecule has 0 bridgehead atoms. The number of carbonyl (C=O) groups excluding carboxylic acids is 1. The monoisotopic (exact) mass is 235 g/mol.